The van der Waals surface area contributed by atoms with Crippen molar-refractivity contribution < 1.29 is 0 Å². The largest absolute Gasteiger partial charge is 0.355 e. The lowest BCUT2D eigenvalue weighted by atomic mass is 9.82. The Balaban J connectivity index is 0.000000130. The maximum Gasteiger partial charge on any atom is 0.0546 e. The molecular weight excluding hydrogens is 1240 g/mol. The van der Waals surface area contributed by atoms with Crippen LogP contribution < -0.4 is 10.2 Å². The minimum Gasteiger partial charge on any atom is -0.355 e. The molecule has 1 N–H and O–H groups in total. The number of nitrogens with zero attached hydrogens (tertiary/aromatic N) is 1. The molecule has 0 radical (unpaired) electrons. The summed E-state index contributed by atoms with van der Waals surface area (Å²) in [4.78, 5) is 2.51. The first-order valence-corrected chi connectivity index (χ1v) is 34.4. The Labute approximate surface area is 577 Å². The van der Waals surface area contributed by atoms with Gasteiger partial charge in [-0.1, -0.05) is 335 Å². The summed E-state index contributed by atoms with van der Waals surface area (Å²) in [6.45, 7) is 9.37. The van der Waals surface area contributed by atoms with Crippen LogP contribution >= 0.6 is 15.9 Å². The molecule has 2 aliphatic carbocycles. The third-order valence-corrected chi connectivity index (χ3v) is 20.7. The van der Waals surface area contributed by atoms with Crippen LogP contribution in [0, 0.1) is 0 Å². The van der Waals surface area contributed by atoms with Crippen LogP contribution in [0.1, 0.15) is 49.9 Å². The molecule has 0 fully saturated rings. The van der Waals surface area contributed by atoms with Crippen LogP contribution in [-0.2, 0) is 10.8 Å². The molecule has 0 saturated heterocycles. The van der Waals surface area contributed by atoms with Crippen LogP contribution in [0.25, 0.3) is 110 Å². The van der Waals surface area contributed by atoms with Crippen molar-refractivity contribution in [3.63, 3.8) is 0 Å². The Kier molecular flexibility index (Phi) is 15.9. The van der Waals surface area contributed by atoms with Crippen LogP contribution in [0.5, 0.6) is 0 Å². The molecular formula is C94H71BrN2. The van der Waals surface area contributed by atoms with Gasteiger partial charge in [0.1, 0.15) is 0 Å². The van der Waals surface area contributed by atoms with Crippen molar-refractivity contribution in [3.8, 4) is 66.8 Å². The molecule has 2 aliphatic rings. The van der Waals surface area contributed by atoms with Crippen molar-refractivity contribution in [2.75, 3.05) is 10.2 Å². The van der Waals surface area contributed by atoms with Crippen molar-refractivity contribution in [2.45, 2.75) is 38.5 Å². The Morgan fingerprint density at radius 2 is 0.670 bits per heavy atom. The van der Waals surface area contributed by atoms with Crippen molar-refractivity contribution in [1.29, 1.82) is 0 Å². The molecule has 3 heteroatoms. The van der Waals surface area contributed by atoms with E-state index >= 15 is 0 Å². The van der Waals surface area contributed by atoms with E-state index in [1.165, 1.54) is 138 Å². The molecule has 0 spiro atoms. The van der Waals surface area contributed by atoms with Crippen molar-refractivity contribution in [3.05, 3.63) is 379 Å². The predicted molar refractivity (Wildman–Crippen MR) is 418 cm³/mol. The van der Waals surface area contributed by atoms with Crippen LogP contribution in [0.4, 0.5) is 28.4 Å². The first-order chi connectivity index (χ1) is 47.5. The Hall–Kier alpha value is -11.4. The van der Waals surface area contributed by atoms with Gasteiger partial charge >= 0.3 is 0 Å². The summed E-state index contributed by atoms with van der Waals surface area (Å²) in [7, 11) is 0. The van der Waals surface area contributed by atoms with Crippen molar-refractivity contribution in [2.24, 2.45) is 0 Å². The van der Waals surface area contributed by atoms with Crippen molar-refractivity contribution in [1.82, 2.24) is 0 Å². The molecule has 0 heterocycles. The minimum atomic E-state index is -0.113. The third kappa shape index (κ3) is 11.3. The van der Waals surface area contributed by atoms with E-state index < -0.39 is 0 Å². The van der Waals surface area contributed by atoms with Gasteiger partial charge in [-0.3, -0.25) is 0 Å². The average Bonchev–Trinajstić information content (AvgIpc) is 1.71. The first kappa shape index (κ1) is 60.6. The van der Waals surface area contributed by atoms with Gasteiger partial charge in [0.05, 0.1) is 11.4 Å². The van der Waals surface area contributed by atoms with Crippen molar-refractivity contribution >= 4 is 87.5 Å². The van der Waals surface area contributed by atoms with E-state index in [0.29, 0.717) is 0 Å². The summed E-state index contributed by atoms with van der Waals surface area (Å²) in [5.74, 6) is 0. The number of benzene rings is 16. The first-order valence-electron chi connectivity index (χ1n) is 33.6. The molecule has 0 atom stereocenters. The number of hydrogen-bond acceptors (Lipinski definition) is 2. The number of rotatable bonds is 9. The van der Waals surface area contributed by atoms with Crippen LogP contribution in [-0.4, -0.2) is 0 Å². The molecule has 16 aromatic carbocycles. The molecule has 16 aromatic rings. The number of hydrogen-bond donors (Lipinski definition) is 1. The van der Waals surface area contributed by atoms with Gasteiger partial charge in [0.2, 0.25) is 0 Å². The summed E-state index contributed by atoms with van der Waals surface area (Å²) in [5, 5.41) is 13.9. The van der Waals surface area contributed by atoms with E-state index in [1.807, 2.05) is 0 Å². The fourth-order valence-electron chi connectivity index (χ4n) is 15.1. The zero-order chi connectivity index (χ0) is 65.6. The molecule has 0 aliphatic heterocycles. The Morgan fingerprint density at radius 1 is 0.258 bits per heavy atom. The monoisotopic (exact) mass is 1310 g/mol. The maximum absolute atomic E-state index is 3.74. The van der Waals surface area contributed by atoms with Crippen LogP contribution in [0.15, 0.2) is 356 Å². The summed E-state index contributed by atoms with van der Waals surface area (Å²) in [5.41, 5.74) is 26.1. The summed E-state index contributed by atoms with van der Waals surface area (Å²) in [6.07, 6.45) is 0. The fraction of sp³-hybridized carbons (Fsp3) is 0.0638. The third-order valence-electron chi connectivity index (χ3n) is 20.0. The summed E-state index contributed by atoms with van der Waals surface area (Å²) in [6, 6.07) is 127. The average molecular weight is 1310 g/mol. The normalized spacial score (nSPS) is 12.8. The molecule has 464 valence electrons. The highest BCUT2D eigenvalue weighted by Crippen LogP contribution is 2.54. The highest BCUT2D eigenvalue weighted by molar-refractivity contribution is 9.10. The van der Waals surface area contributed by atoms with E-state index in [2.05, 4.69) is 406 Å². The predicted octanol–water partition coefficient (Wildman–Crippen LogP) is 26.9. The fourth-order valence-corrected chi connectivity index (χ4v) is 15.7. The Morgan fingerprint density at radius 3 is 1.25 bits per heavy atom. The zero-order valence-corrected chi connectivity index (χ0v) is 56.4. The van der Waals surface area contributed by atoms with E-state index in [9.17, 15) is 0 Å². The quantitative estimate of drug-likeness (QED) is 0.145. The van der Waals surface area contributed by atoms with Gasteiger partial charge in [-0.15, -0.1) is 0 Å². The van der Waals surface area contributed by atoms with Gasteiger partial charge in [0.15, 0.2) is 0 Å². The van der Waals surface area contributed by atoms with Gasteiger partial charge in [0.25, 0.3) is 0 Å². The lowest BCUT2D eigenvalue weighted by molar-refractivity contribution is 0.660. The molecule has 0 aromatic heterocycles. The molecule has 0 amide bonds. The van der Waals surface area contributed by atoms with E-state index in [0.717, 1.165) is 27.2 Å². The van der Waals surface area contributed by atoms with Gasteiger partial charge in [-0.25, -0.2) is 0 Å². The maximum atomic E-state index is 3.74. The van der Waals surface area contributed by atoms with E-state index in [1.54, 1.807) is 0 Å². The lowest BCUT2D eigenvalue weighted by Crippen LogP contribution is -2.17. The Bertz CT molecular complexity index is 5620. The number of anilines is 5. The van der Waals surface area contributed by atoms with Gasteiger partial charge in [-0.05, 0) is 176 Å². The van der Waals surface area contributed by atoms with Gasteiger partial charge < -0.3 is 10.2 Å². The minimum absolute atomic E-state index is 0.0109. The lowest BCUT2D eigenvalue weighted by Gasteiger charge is -2.31. The topological polar surface area (TPSA) is 15.3 Å². The second-order valence-corrected chi connectivity index (χ2v) is 27.4. The summed E-state index contributed by atoms with van der Waals surface area (Å²) < 4.78 is 1.16. The summed E-state index contributed by atoms with van der Waals surface area (Å²) >= 11 is 3.62. The SMILES string of the molecule is Brc1cc2ccccc2c2ccccc12.CC1(C)c2ccccc2-c2ccc(N(c3ccc(-c4ccccc4)cc3-c3ccccc3)c3cc4ccccc4c4ccccc34)cc21.CC1(C)c2ccccc2-c2ccc(Nc3ccc(-c4ccccc4)cc3-c3ccccc3)cc21. The molecule has 0 unspecified atom stereocenters. The zero-order valence-electron chi connectivity index (χ0n) is 54.8. The standard InChI is InChI=1S/C47H35N.C33H27N.C14H9Br/c1-47(2)43-24-14-13-22-39(43)40-27-26-36(31-44(40)47)48(46-30-35-19-9-10-20-37(35)38-21-11-12-23-41(38)46)45-28-25-34(32-15-5-3-6-16-32)29-42(45)33-17-7-4-8-18-33;1-33(2)30-16-10-9-15-27(30)28-19-18-26(22-31(28)33)34-32-20-17-25(23-11-5-3-6-12-23)21-29(32)24-13-7-4-8-14-24;15-14-9-10-5-1-2-6-11(10)12-7-3-4-8-13(12)14/h3-31H,1-2H3;3-22,34H,1-2H3;1-9H. The van der Waals surface area contributed by atoms with Crippen LogP contribution in [0.3, 0.4) is 0 Å². The van der Waals surface area contributed by atoms with E-state index in [4.69, 9.17) is 0 Å². The number of halogens is 1. The number of nitrogens with one attached hydrogen (secondary N) is 1. The second-order valence-electron chi connectivity index (χ2n) is 26.5. The second kappa shape index (κ2) is 25.4. The van der Waals surface area contributed by atoms with Gasteiger partial charge in [-0.2, -0.15) is 0 Å². The molecule has 18 rings (SSSR count). The van der Waals surface area contributed by atoms with E-state index in [-0.39, 0.29) is 10.8 Å². The number of fused-ring (bicyclic) bond motifs is 12. The smallest absolute Gasteiger partial charge is 0.0546 e. The molecule has 2 nitrogen and oxygen atoms in total. The molecule has 97 heavy (non-hydrogen) atoms. The van der Waals surface area contributed by atoms with Gasteiger partial charge in [0, 0.05) is 48.9 Å². The highest BCUT2D eigenvalue weighted by Gasteiger charge is 2.37. The molecule has 0 saturated carbocycles. The molecule has 0 bridgehead atoms. The van der Waals surface area contributed by atoms with Crippen LogP contribution in [0.2, 0.25) is 0 Å². The highest BCUT2D eigenvalue weighted by atomic mass is 79.9.